The Morgan fingerprint density at radius 2 is 2.50 bits per heavy atom. The van der Waals surface area contributed by atoms with Crippen LogP contribution in [-0.2, 0) is 4.74 Å². The molecule has 0 aromatic carbocycles. The average Bonchev–Trinajstić information content (AvgIpc) is 2.05. The van der Waals surface area contributed by atoms with Crippen molar-refractivity contribution in [1.29, 1.82) is 0 Å². The molecule has 1 rings (SSSR count). The van der Waals surface area contributed by atoms with Crippen LogP contribution in [0.4, 0.5) is 0 Å². The Morgan fingerprint density at radius 3 is 3.08 bits per heavy atom. The minimum Gasteiger partial charge on any atom is -0.395 e. The summed E-state index contributed by atoms with van der Waals surface area (Å²) < 4.78 is 5.33. The summed E-state index contributed by atoms with van der Waals surface area (Å²) in [5.74, 6) is 0. The third-order valence-corrected chi connectivity index (χ3v) is 2.15. The molecule has 5 heteroatoms. The van der Waals surface area contributed by atoms with Gasteiger partial charge in [-0.2, -0.15) is 0 Å². The first-order chi connectivity index (χ1) is 5.74. The van der Waals surface area contributed by atoms with E-state index in [9.17, 15) is 0 Å². The van der Waals surface area contributed by atoms with E-state index in [1.807, 2.05) is 0 Å². The van der Waals surface area contributed by atoms with Crippen LogP contribution in [0.15, 0.2) is 0 Å². The van der Waals surface area contributed by atoms with Gasteiger partial charge >= 0.3 is 0 Å². The Morgan fingerprint density at radius 1 is 1.75 bits per heavy atom. The van der Waals surface area contributed by atoms with Gasteiger partial charge in [0.25, 0.3) is 0 Å². The van der Waals surface area contributed by atoms with Crippen molar-refractivity contribution < 1.29 is 9.84 Å². The molecule has 1 saturated heterocycles. The summed E-state index contributed by atoms with van der Waals surface area (Å²) in [6.07, 6.45) is -0.139. The largest absolute Gasteiger partial charge is 0.395 e. The van der Waals surface area contributed by atoms with Gasteiger partial charge in [0, 0.05) is 19.6 Å². The Bertz CT molecular complexity index is 163. The second-order valence-corrected chi connectivity index (χ2v) is 3.26. The standard InChI is InChI=1S/C7H14N2O2S/c8-7(12)6-5-9(1-3-10)2-4-11-6/h6,10H,1-5H2,(H2,8,12). The van der Waals surface area contributed by atoms with Gasteiger partial charge in [-0.05, 0) is 0 Å². The summed E-state index contributed by atoms with van der Waals surface area (Å²) in [5, 5.41) is 8.70. The first-order valence-corrected chi connectivity index (χ1v) is 4.39. The van der Waals surface area contributed by atoms with E-state index in [4.69, 9.17) is 27.8 Å². The molecule has 0 bridgehead atoms. The molecule has 4 nitrogen and oxygen atoms in total. The lowest BCUT2D eigenvalue weighted by Gasteiger charge is -2.31. The van der Waals surface area contributed by atoms with E-state index in [2.05, 4.69) is 4.90 Å². The number of hydrogen-bond acceptors (Lipinski definition) is 4. The molecule has 1 unspecified atom stereocenters. The van der Waals surface area contributed by atoms with Crippen molar-refractivity contribution in [2.45, 2.75) is 6.10 Å². The number of aliphatic hydroxyl groups is 1. The fourth-order valence-electron chi connectivity index (χ4n) is 1.22. The minimum atomic E-state index is -0.139. The second-order valence-electron chi connectivity index (χ2n) is 2.79. The van der Waals surface area contributed by atoms with E-state index in [1.54, 1.807) is 0 Å². The van der Waals surface area contributed by atoms with Crippen molar-refractivity contribution in [3.05, 3.63) is 0 Å². The number of nitrogens with two attached hydrogens (primary N) is 1. The van der Waals surface area contributed by atoms with Crippen LogP contribution >= 0.6 is 12.2 Å². The summed E-state index contributed by atoms with van der Waals surface area (Å²) in [6, 6.07) is 0. The van der Waals surface area contributed by atoms with Gasteiger partial charge in [0.05, 0.1) is 13.2 Å². The van der Waals surface area contributed by atoms with E-state index < -0.39 is 0 Å². The number of rotatable bonds is 3. The zero-order valence-electron chi connectivity index (χ0n) is 6.90. The zero-order chi connectivity index (χ0) is 8.97. The van der Waals surface area contributed by atoms with Crippen molar-refractivity contribution in [1.82, 2.24) is 4.90 Å². The minimum absolute atomic E-state index is 0.139. The zero-order valence-corrected chi connectivity index (χ0v) is 7.72. The Balaban J connectivity index is 2.35. The molecule has 0 aromatic heterocycles. The number of β-amino-alcohol motifs (C(OH)–C–C–N with tert-alkyl or cyclic N) is 1. The summed E-state index contributed by atoms with van der Waals surface area (Å²) in [4.78, 5) is 2.49. The molecule has 1 heterocycles. The molecule has 0 spiro atoms. The molecule has 1 fully saturated rings. The van der Waals surface area contributed by atoms with Gasteiger partial charge in [0.1, 0.15) is 11.1 Å². The van der Waals surface area contributed by atoms with Gasteiger partial charge in [0.2, 0.25) is 0 Å². The van der Waals surface area contributed by atoms with E-state index in [0.717, 1.165) is 6.54 Å². The Hall–Kier alpha value is -0.230. The number of thiocarbonyl (C=S) groups is 1. The maximum absolute atomic E-state index is 8.70. The van der Waals surface area contributed by atoms with Gasteiger partial charge in [-0.1, -0.05) is 12.2 Å². The van der Waals surface area contributed by atoms with Gasteiger partial charge in [-0.25, -0.2) is 0 Å². The summed E-state index contributed by atoms with van der Waals surface area (Å²) in [6.45, 7) is 3.03. The lowest BCUT2D eigenvalue weighted by atomic mass is 10.3. The van der Waals surface area contributed by atoms with E-state index in [1.165, 1.54) is 0 Å². The molecule has 70 valence electrons. The maximum atomic E-state index is 8.70. The predicted molar refractivity (Wildman–Crippen MR) is 50.1 cm³/mol. The predicted octanol–water partition coefficient (Wildman–Crippen LogP) is -1.03. The number of ether oxygens (including phenoxy) is 1. The van der Waals surface area contributed by atoms with Crippen LogP contribution in [0.3, 0.4) is 0 Å². The van der Waals surface area contributed by atoms with E-state index >= 15 is 0 Å². The first kappa shape index (κ1) is 9.85. The van der Waals surface area contributed by atoms with E-state index in [-0.39, 0.29) is 12.7 Å². The molecule has 0 amide bonds. The highest BCUT2D eigenvalue weighted by Crippen LogP contribution is 2.04. The van der Waals surface area contributed by atoms with Crippen LogP contribution in [0, 0.1) is 0 Å². The van der Waals surface area contributed by atoms with Crippen LogP contribution in [0.2, 0.25) is 0 Å². The van der Waals surface area contributed by atoms with Crippen molar-refractivity contribution >= 4 is 17.2 Å². The Kier molecular flexibility index (Phi) is 3.87. The SMILES string of the molecule is NC(=S)C1CN(CCO)CCO1. The number of nitrogens with zero attached hydrogens (tertiary/aromatic N) is 1. The topological polar surface area (TPSA) is 58.7 Å². The fourth-order valence-corrected chi connectivity index (χ4v) is 1.36. The van der Waals surface area contributed by atoms with Crippen molar-refractivity contribution in [3.8, 4) is 0 Å². The Labute approximate surface area is 77.3 Å². The van der Waals surface area contributed by atoms with Crippen LogP contribution in [0.5, 0.6) is 0 Å². The third kappa shape index (κ3) is 2.67. The summed E-state index contributed by atoms with van der Waals surface area (Å²) in [7, 11) is 0. The molecular formula is C7H14N2O2S. The first-order valence-electron chi connectivity index (χ1n) is 3.98. The normalized spacial score (nSPS) is 25.6. The molecule has 1 atom stereocenters. The number of aliphatic hydroxyl groups excluding tert-OH is 1. The molecule has 0 saturated carbocycles. The van der Waals surface area contributed by atoms with Crippen LogP contribution < -0.4 is 5.73 Å². The van der Waals surface area contributed by atoms with Crippen molar-refractivity contribution in [2.75, 3.05) is 32.8 Å². The fraction of sp³-hybridized carbons (Fsp3) is 0.857. The van der Waals surface area contributed by atoms with E-state index in [0.29, 0.717) is 24.7 Å². The lowest BCUT2D eigenvalue weighted by molar-refractivity contribution is 0.00185. The van der Waals surface area contributed by atoms with Gasteiger partial charge in [-0.3, -0.25) is 4.90 Å². The molecule has 12 heavy (non-hydrogen) atoms. The number of hydrogen-bond donors (Lipinski definition) is 2. The lowest BCUT2D eigenvalue weighted by Crippen LogP contribution is -2.48. The van der Waals surface area contributed by atoms with Gasteiger partial charge in [-0.15, -0.1) is 0 Å². The molecule has 0 aromatic rings. The molecule has 3 N–H and O–H groups in total. The maximum Gasteiger partial charge on any atom is 0.120 e. The number of morpholine rings is 1. The van der Waals surface area contributed by atoms with Crippen LogP contribution in [-0.4, -0.2) is 53.9 Å². The highest BCUT2D eigenvalue weighted by molar-refractivity contribution is 7.80. The van der Waals surface area contributed by atoms with Gasteiger partial charge < -0.3 is 15.6 Å². The highest BCUT2D eigenvalue weighted by atomic mass is 32.1. The molecule has 0 aliphatic carbocycles. The summed E-state index contributed by atoms with van der Waals surface area (Å²) in [5.41, 5.74) is 5.44. The third-order valence-electron chi connectivity index (χ3n) is 1.88. The van der Waals surface area contributed by atoms with Crippen molar-refractivity contribution in [2.24, 2.45) is 5.73 Å². The smallest absolute Gasteiger partial charge is 0.120 e. The van der Waals surface area contributed by atoms with Crippen molar-refractivity contribution in [3.63, 3.8) is 0 Å². The molecule has 1 aliphatic heterocycles. The van der Waals surface area contributed by atoms with Crippen LogP contribution in [0.1, 0.15) is 0 Å². The van der Waals surface area contributed by atoms with Crippen LogP contribution in [0.25, 0.3) is 0 Å². The van der Waals surface area contributed by atoms with Gasteiger partial charge in [0.15, 0.2) is 0 Å². The highest BCUT2D eigenvalue weighted by Gasteiger charge is 2.21. The quantitative estimate of drug-likeness (QED) is 0.557. The monoisotopic (exact) mass is 190 g/mol. The average molecular weight is 190 g/mol. The molecule has 0 radical (unpaired) electrons. The molecular weight excluding hydrogens is 176 g/mol. The molecule has 1 aliphatic rings. The second kappa shape index (κ2) is 4.71. The summed E-state index contributed by atoms with van der Waals surface area (Å²) >= 11 is 4.82.